The van der Waals surface area contributed by atoms with Gasteiger partial charge in [0.25, 0.3) is 0 Å². The first-order valence-electron chi connectivity index (χ1n) is 8.79. The molecule has 0 radical (unpaired) electrons. The Labute approximate surface area is 169 Å². The van der Waals surface area contributed by atoms with Gasteiger partial charge in [0, 0.05) is 5.69 Å². The predicted molar refractivity (Wildman–Crippen MR) is 94.4 cm³/mol. The fourth-order valence-corrected chi connectivity index (χ4v) is 3.58. The molecule has 0 fully saturated rings. The molecular weight excluding hydrogens is 333 g/mol. The van der Waals surface area contributed by atoms with E-state index in [-0.39, 0.29) is 34.5 Å². The van der Waals surface area contributed by atoms with Crippen molar-refractivity contribution in [3.8, 4) is 0 Å². The number of benzene rings is 1. The second-order valence-corrected chi connectivity index (χ2v) is 7.60. The molecule has 132 valence electrons. The molecule has 0 atom stereocenters. The van der Waals surface area contributed by atoms with Crippen LogP contribution in [0.15, 0.2) is 23.1 Å². The van der Waals surface area contributed by atoms with Gasteiger partial charge in [0.15, 0.2) is 0 Å². The zero-order chi connectivity index (χ0) is 17.1. The number of unbranched alkanes of at least 4 members (excludes halogenated alkanes) is 9. The van der Waals surface area contributed by atoms with Gasteiger partial charge in [-0.2, -0.15) is 0 Å². The number of anilines is 1. The number of rotatable bonds is 12. The zero-order valence-electron chi connectivity index (χ0n) is 15.2. The maximum absolute atomic E-state index is 11.3. The minimum absolute atomic E-state index is 0. The summed E-state index contributed by atoms with van der Waals surface area (Å²) in [5, 5.41) is 0. The van der Waals surface area contributed by atoms with Crippen LogP contribution in [0.5, 0.6) is 0 Å². The van der Waals surface area contributed by atoms with Gasteiger partial charge >= 0.3 is 29.6 Å². The van der Waals surface area contributed by atoms with Crippen molar-refractivity contribution in [3.63, 3.8) is 0 Å². The summed E-state index contributed by atoms with van der Waals surface area (Å²) < 4.78 is 33.8. The minimum atomic E-state index is -4.45. The topological polar surface area (TPSA) is 83.2 Å². The number of hydrogen-bond acceptors (Lipinski definition) is 4. The van der Waals surface area contributed by atoms with Crippen LogP contribution in [-0.2, 0) is 16.5 Å². The van der Waals surface area contributed by atoms with Crippen molar-refractivity contribution in [2.45, 2.75) is 82.4 Å². The van der Waals surface area contributed by atoms with Crippen molar-refractivity contribution in [3.05, 3.63) is 23.8 Å². The molecule has 1 aromatic rings. The van der Waals surface area contributed by atoms with Crippen molar-refractivity contribution in [1.82, 2.24) is 0 Å². The summed E-state index contributed by atoms with van der Waals surface area (Å²) in [5.41, 5.74) is 6.48. The molecule has 0 saturated carbocycles. The molecule has 0 aromatic heterocycles. The largest absolute Gasteiger partial charge is 1.00 e. The molecule has 0 aliphatic heterocycles. The summed E-state index contributed by atoms with van der Waals surface area (Å²) in [7, 11) is -4.45. The molecule has 0 saturated heterocycles. The molecule has 0 heterocycles. The van der Waals surface area contributed by atoms with E-state index in [0.717, 1.165) is 12.8 Å². The summed E-state index contributed by atoms with van der Waals surface area (Å²) in [6, 6.07) is 4.59. The molecule has 1 rings (SSSR count). The third-order valence-corrected chi connectivity index (χ3v) is 5.08. The number of nitrogens with two attached hydrogens (primary N) is 1. The van der Waals surface area contributed by atoms with Gasteiger partial charge in [0.1, 0.15) is 10.1 Å². The van der Waals surface area contributed by atoms with Gasteiger partial charge in [-0.3, -0.25) is 0 Å². The third-order valence-electron chi connectivity index (χ3n) is 4.16. The maximum Gasteiger partial charge on any atom is 1.00 e. The summed E-state index contributed by atoms with van der Waals surface area (Å²) in [6.07, 6.45) is 12.9. The van der Waals surface area contributed by atoms with E-state index in [1.165, 1.54) is 57.4 Å². The van der Waals surface area contributed by atoms with Crippen LogP contribution in [0.2, 0.25) is 0 Å². The summed E-state index contributed by atoms with van der Waals surface area (Å²) in [4.78, 5) is -0.159. The maximum atomic E-state index is 11.3. The van der Waals surface area contributed by atoms with Gasteiger partial charge in [-0.25, -0.2) is 8.42 Å². The fourth-order valence-electron chi connectivity index (χ4n) is 2.81. The Balaban J connectivity index is 0.00000529. The van der Waals surface area contributed by atoms with Gasteiger partial charge in [-0.05, 0) is 30.5 Å². The van der Waals surface area contributed by atoms with Crippen LogP contribution in [0.4, 0.5) is 5.69 Å². The Morgan fingerprint density at radius 2 is 1.42 bits per heavy atom. The molecule has 1 aromatic carbocycles. The molecule has 0 bridgehead atoms. The van der Waals surface area contributed by atoms with Gasteiger partial charge in [-0.1, -0.05) is 70.8 Å². The van der Waals surface area contributed by atoms with E-state index in [9.17, 15) is 13.0 Å². The zero-order valence-corrected chi connectivity index (χ0v) is 18.0. The molecule has 0 amide bonds. The molecule has 6 heteroatoms. The monoisotopic (exact) mass is 363 g/mol. The van der Waals surface area contributed by atoms with Crippen molar-refractivity contribution in [2.24, 2.45) is 0 Å². The molecule has 24 heavy (non-hydrogen) atoms. The predicted octanol–water partition coefficient (Wildman–Crippen LogP) is 1.64. The fraction of sp³-hybridized carbons (Fsp3) is 0.667. The van der Waals surface area contributed by atoms with E-state index in [0.29, 0.717) is 17.7 Å². The smallest absolute Gasteiger partial charge is 0.744 e. The van der Waals surface area contributed by atoms with Crippen LogP contribution in [0.25, 0.3) is 0 Å². The van der Waals surface area contributed by atoms with Crippen LogP contribution in [0, 0.1) is 0 Å². The van der Waals surface area contributed by atoms with Crippen molar-refractivity contribution < 1.29 is 42.5 Å². The third kappa shape index (κ3) is 10.0. The molecule has 0 aliphatic rings. The summed E-state index contributed by atoms with van der Waals surface area (Å²) in [5.74, 6) is 0. The quantitative estimate of drug-likeness (QED) is 0.265. The Bertz CT molecular complexity index is 561. The van der Waals surface area contributed by atoms with Gasteiger partial charge in [0.2, 0.25) is 0 Å². The SMILES string of the molecule is CCCCCCCCCCCCc1ccc(N)cc1S(=O)(=O)[O-].[Na+]. The van der Waals surface area contributed by atoms with E-state index in [1.807, 2.05) is 0 Å². The molecule has 0 aliphatic carbocycles. The Hall–Kier alpha value is -0.0700. The summed E-state index contributed by atoms with van der Waals surface area (Å²) >= 11 is 0. The van der Waals surface area contributed by atoms with Crippen molar-refractivity contribution in [1.29, 1.82) is 0 Å². The first kappa shape index (κ1) is 23.9. The first-order valence-corrected chi connectivity index (χ1v) is 10.2. The van der Waals surface area contributed by atoms with Crippen LogP contribution in [-0.4, -0.2) is 13.0 Å². The normalized spacial score (nSPS) is 11.2. The average Bonchev–Trinajstić information content (AvgIpc) is 2.49. The van der Waals surface area contributed by atoms with E-state index >= 15 is 0 Å². The van der Waals surface area contributed by atoms with Crippen molar-refractivity contribution in [2.75, 3.05) is 5.73 Å². The van der Waals surface area contributed by atoms with Crippen LogP contribution >= 0.6 is 0 Å². The van der Waals surface area contributed by atoms with E-state index in [1.54, 1.807) is 12.1 Å². The second-order valence-electron chi connectivity index (χ2n) is 6.25. The first-order chi connectivity index (χ1) is 10.9. The van der Waals surface area contributed by atoms with Gasteiger partial charge < -0.3 is 10.3 Å². The number of aryl methyl sites for hydroxylation is 1. The molecule has 0 unspecified atom stereocenters. The van der Waals surface area contributed by atoms with Crippen molar-refractivity contribution >= 4 is 15.8 Å². The standard InChI is InChI=1S/C18H31NO3S.Na/c1-2-3-4-5-6-7-8-9-10-11-12-16-13-14-17(19)15-18(16)23(20,21)22;/h13-15H,2-12,19H2,1H3,(H,20,21,22);/q;+1/p-1. The van der Waals surface area contributed by atoms with Crippen LogP contribution in [0.3, 0.4) is 0 Å². The van der Waals surface area contributed by atoms with Crippen LogP contribution in [0.1, 0.15) is 76.7 Å². The van der Waals surface area contributed by atoms with Gasteiger partial charge in [0.05, 0.1) is 4.90 Å². The summed E-state index contributed by atoms with van der Waals surface area (Å²) in [6.45, 7) is 2.23. The van der Waals surface area contributed by atoms with Gasteiger partial charge in [-0.15, -0.1) is 0 Å². The van der Waals surface area contributed by atoms with Crippen LogP contribution < -0.4 is 35.3 Å². The average molecular weight is 363 g/mol. The molecule has 0 spiro atoms. The Kier molecular flexibility index (Phi) is 13.1. The molecule has 2 N–H and O–H groups in total. The number of nitrogen functional groups attached to an aromatic ring is 1. The minimum Gasteiger partial charge on any atom is -0.744 e. The number of hydrogen-bond donors (Lipinski definition) is 1. The van der Waals surface area contributed by atoms with E-state index < -0.39 is 10.1 Å². The molecular formula is C18H30NNaO3S. The Morgan fingerprint density at radius 3 is 1.92 bits per heavy atom. The second kappa shape index (κ2) is 13.2. The van der Waals surface area contributed by atoms with E-state index in [2.05, 4.69) is 6.92 Å². The Morgan fingerprint density at radius 1 is 0.917 bits per heavy atom. The molecule has 4 nitrogen and oxygen atoms in total. The van der Waals surface area contributed by atoms with E-state index in [4.69, 9.17) is 5.73 Å².